The van der Waals surface area contributed by atoms with Crippen LogP contribution in [0.4, 0.5) is 4.39 Å². The van der Waals surface area contributed by atoms with Crippen molar-refractivity contribution in [1.82, 2.24) is 29.3 Å². The third-order valence-corrected chi connectivity index (χ3v) is 7.54. The van der Waals surface area contributed by atoms with Crippen LogP contribution in [0.25, 0.3) is 17.2 Å². The standard InChI is InChI=1S/C28H31FN6O3/c1-17-15-34(16-30-17)23-11-10-22(31-25(23)37-4)24-32-33-26-28(27(2,3)36,12-5-13-35(24)26)38-19-8-9-20(18-6-7-18)21(29)14-19/h8-11,14-16,18,36H,5-7,12-13H2,1-4H3. The van der Waals surface area contributed by atoms with E-state index in [4.69, 9.17) is 14.5 Å². The summed E-state index contributed by atoms with van der Waals surface area (Å²) in [7, 11) is 1.57. The second-order valence-corrected chi connectivity index (χ2v) is 10.7. The predicted molar refractivity (Wildman–Crippen MR) is 138 cm³/mol. The number of fused-ring (bicyclic) bond motifs is 1. The molecule has 0 saturated heterocycles. The van der Waals surface area contributed by atoms with E-state index >= 15 is 0 Å². The molecular formula is C28H31FN6O3. The van der Waals surface area contributed by atoms with E-state index in [2.05, 4.69) is 15.2 Å². The van der Waals surface area contributed by atoms with E-state index in [1.807, 2.05) is 34.4 Å². The number of pyridine rings is 1. The quantitative estimate of drug-likeness (QED) is 0.379. The Balaban J connectivity index is 1.40. The SMILES string of the molecule is COc1nc(-c2nnc3n2CCCC3(Oc2ccc(C3CC3)c(F)c2)C(C)(C)O)ccc1-n1cnc(C)c1. The molecule has 1 saturated carbocycles. The lowest BCUT2D eigenvalue weighted by Crippen LogP contribution is -2.55. The van der Waals surface area contributed by atoms with Crippen molar-refractivity contribution in [2.75, 3.05) is 7.11 Å². The molecule has 1 aliphatic carbocycles. The van der Waals surface area contributed by atoms with Crippen LogP contribution in [-0.2, 0) is 12.1 Å². The lowest BCUT2D eigenvalue weighted by atomic mass is 9.79. The minimum atomic E-state index is -1.34. The Kier molecular flexibility index (Phi) is 5.75. The number of aromatic nitrogens is 6. The lowest BCUT2D eigenvalue weighted by molar-refractivity contribution is -0.137. The van der Waals surface area contributed by atoms with Gasteiger partial charge in [0.15, 0.2) is 17.2 Å². The Morgan fingerprint density at radius 1 is 1.16 bits per heavy atom. The fraction of sp³-hybridized carbons (Fsp3) is 0.429. The number of rotatable bonds is 7. The largest absolute Gasteiger partial charge is 0.479 e. The molecule has 4 aromatic rings. The molecule has 198 valence electrons. The minimum absolute atomic E-state index is 0.279. The topological polar surface area (TPSA) is 100 Å². The van der Waals surface area contributed by atoms with Crippen LogP contribution in [0.15, 0.2) is 42.9 Å². The van der Waals surface area contributed by atoms with Crippen LogP contribution in [0, 0.1) is 12.7 Å². The zero-order valence-corrected chi connectivity index (χ0v) is 22.0. The molecule has 3 aromatic heterocycles. The highest BCUT2D eigenvalue weighted by molar-refractivity contribution is 5.56. The molecular weight excluding hydrogens is 487 g/mol. The molecule has 9 nitrogen and oxygen atoms in total. The monoisotopic (exact) mass is 518 g/mol. The first-order valence-electron chi connectivity index (χ1n) is 12.9. The Morgan fingerprint density at radius 2 is 1.97 bits per heavy atom. The van der Waals surface area contributed by atoms with Crippen LogP contribution in [0.2, 0.25) is 0 Å². The number of aryl methyl sites for hydroxylation is 1. The van der Waals surface area contributed by atoms with Crippen molar-refractivity contribution in [3.63, 3.8) is 0 Å². The second kappa shape index (κ2) is 8.90. The molecule has 4 heterocycles. The van der Waals surface area contributed by atoms with Gasteiger partial charge in [0.25, 0.3) is 0 Å². The van der Waals surface area contributed by atoms with Crippen LogP contribution in [0.3, 0.4) is 0 Å². The van der Waals surface area contributed by atoms with Crippen LogP contribution in [-0.4, -0.2) is 47.1 Å². The maximum atomic E-state index is 14.9. The zero-order chi connectivity index (χ0) is 26.7. The van der Waals surface area contributed by atoms with Gasteiger partial charge in [-0.2, -0.15) is 0 Å². The summed E-state index contributed by atoms with van der Waals surface area (Å²) in [5, 5.41) is 20.4. The van der Waals surface area contributed by atoms with Gasteiger partial charge >= 0.3 is 0 Å². The fourth-order valence-electron chi connectivity index (χ4n) is 5.36. The van der Waals surface area contributed by atoms with E-state index in [1.165, 1.54) is 6.07 Å². The van der Waals surface area contributed by atoms with Crippen molar-refractivity contribution < 1.29 is 19.0 Å². The number of imidazole rings is 1. The van der Waals surface area contributed by atoms with Crippen molar-refractivity contribution in [2.45, 2.75) is 70.1 Å². The van der Waals surface area contributed by atoms with Gasteiger partial charge in [-0.1, -0.05) is 6.07 Å². The number of halogens is 1. The Bertz CT molecular complexity index is 1500. The van der Waals surface area contributed by atoms with Gasteiger partial charge in [-0.15, -0.1) is 10.2 Å². The van der Waals surface area contributed by atoms with Gasteiger partial charge in [0, 0.05) is 18.8 Å². The molecule has 0 spiro atoms. The van der Waals surface area contributed by atoms with Gasteiger partial charge < -0.3 is 23.7 Å². The van der Waals surface area contributed by atoms with Gasteiger partial charge in [0.2, 0.25) is 5.88 Å². The van der Waals surface area contributed by atoms with E-state index in [1.54, 1.807) is 39.4 Å². The molecule has 1 fully saturated rings. The highest BCUT2D eigenvalue weighted by Crippen LogP contribution is 2.46. The number of benzene rings is 1. The third kappa shape index (κ3) is 4.03. The summed E-state index contributed by atoms with van der Waals surface area (Å²) in [6.45, 7) is 5.92. The number of nitrogens with zero attached hydrogens (tertiary/aromatic N) is 6. The normalized spacial score (nSPS) is 19.3. The highest BCUT2D eigenvalue weighted by atomic mass is 19.1. The Labute approximate surface area is 220 Å². The van der Waals surface area contributed by atoms with Gasteiger partial charge in [0.1, 0.15) is 28.5 Å². The third-order valence-electron chi connectivity index (χ3n) is 7.54. The molecule has 1 aromatic carbocycles. The van der Waals surface area contributed by atoms with Crippen LogP contribution < -0.4 is 9.47 Å². The molecule has 0 radical (unpaired) electrons. The predicted octanol–water partition coefficient (Wildman–Crippen LogP) is 4.70. The Morgan fingerprint density at radius 3 is 2.63 bits per heavy atom. The van der Waals surface area contributed by atoms with Crippen LogP contribution in [0.5, 0.6) is 11.6 Å². The van der Waals surface area contributed by atoms with Gasteiger partial charge in [-0.3, -0.25) is 0 Å². The molecule has 10 heteroatoms. The molecule has 1 unspecified atom stereocenters. The highest BCUT2D eigenvalue weighted by Gasteiger charge is 2.53. The average molecular weight is 519 g/mol. The van der Waals surface area contributed by atoms with E-state index in [0.29, 0.717) is 54.3 Å². The number of hydrogen-bond donors (Lipinski definition) is 1. The van der Waals surface area contributed by atoms with Crippen molar-refractivity contribution in [2.24, 2.45) is 0 Å². The molecule has 0 bridgehead atoms. The second-order valence-electron chi connectivity index (χ2n) is 10.7. The summed E-state index contributed by atoms with van der Waals surface area (Å²) < 4.78 is 30.7. The molecule has 1 aliphatic heterocycles. The molecule has 0 amide bonds. The summed E-state index contributed by atoms with van der Waals surface area (Å²) >= 11 is 0. The first kappa shape index (κ1) is 24.5. The molecule has 1 atom stereocenters. The van der Waals surface area contributed by atoms with E-state index in [0.717, 1.165) is 29.8 Å². The maximum Gasteiger partial charge on any atom is 0.238 e. The molecule has 2 aliphatic rings. The summed E-state index contributed by atoms with van der Waals surface area (Å²) in [5.74, 6) is 1.81. The van der Waals surface area contributed by atoms with Crippen molar-refractivity contribution in [3.05, 3.63) is 65.8 Å². The minimum Gasteiger partial charge on any atom is -0.479 e. The first-order chi connectivity index (χ1) is 18.2. The van der Waals surface area contributed by atoms with Gasteiger partial charge in [-0.05, 0) is 76.1 Å². The number of hydrogen-bond acceptors (Lipinski definition) is 7. The van der Waals surface area contributed by atoms with Gasteiger partial charge in [0.05, 0.1) is 19.1 Å². The summed E-state index contributed by atoms with van der Waals surface area (Å²) in [6, 6.07) is 8.75. The van der Waals surface area contributed by atoms with Crippen molar-refractivity contribution in [3.8, 4) is 28.8 Å². The molecule has 6 rings (SSSR count). The van der Waals surface area contributed by atoms with Crippen molar-refractivity contribution in [1.29, 1.82) is 0 Å². The average Bonchev–Trinajstić information content (AvgIpc) is 3.47. The van der Waals surface area contributed by atoms with Gasteiger partial charge in [-0.25, -0.2) is 14.4 Å². The molecule has 38 heavy (non-hydrogen) atoms. The van der Waals surface area contributed by atoms with E-state index < -0.39 is 11.2 Å². The zero-order valence-electron chi connectivity index (χ0n) is 22.0. The van der Waals surface area contributed by atoms with E-state index in [-0.39, 0.29) is 5.82 Å². The Hall–Kier alpha value is -3.79. The fourth-order valence-corrected chi connectivity index (χ4v) is 5.36. The van der Waals surface area contributed by atoms with E-state index in [9.17, 15) is 9.50 Å². The lowest BCUT2D eigenvalue weighted by Gasteiger charge is -2.44. The smallest absolute Gasteiger partial charge is 0.238 e. The van der Waals surface area contributed by atoms with Crippen LogP contribution in [0.1, 0.15) is 62.5 Å². The first-order valence-corrected chi connectivity index (χ1v) is 12.9. The summed E-state index contributed by atoms with van der Waals surface area (Å²) in [5.41, 5.74) is 0.358. The number of ether oxygens (including phenoxy) is 2. The van der Waals surface area contributed by atoms with Crippen LogP contribution >= 0.6 is 0 Å². The number of aliphatic hydroxyl groups is 1. The maximum absolute atomic E-state index is 14.9. The van der Waals surface area contributed by atoms with Crippen molar-refractivity contribution >= 4 is 0 Å². The summed E-state index contributed by atoms with van der Waals surface area (Å²) in [4.78, 5) is 9.00. The molecule has 1 N–H and O–H groups in total. The summed E-state index contributed by atoms with van der Waals surface area (Å²) in [6.07, 6.45) is 6.83. The number of methoxy groups -OCH3 is 1.